The van der Waals surface area contributed by atoms with Crippen LogP contribution in [0.5, 0.6) is 0 Å². The molecule has 0 fully saturated rings. The van der Waals surface area contributed by atoms with Gasteiger partial charge in [0.2, 0.25) is 0 Å². The second-order valence-electron chi connectivity index (χ2n) is 7.64. The van der Waals surface area contributed by atoms with Crippen LogP contribution >= 0.6 is 0 Å². The zero-order valence-electron chi connectivity index (χ0n) is 16.8. The summed E-state index contributed by atoms with van der Waals surface area (Å²) in [5.74, 6) is -0.864. The molecule has 0 aromatic heterocycles. The fourth-order valence-electron chi connectivity index (χ4n) is 3.48. The second-order valence-corrected chi connectivity index (χ2v) is 7.64. The highest BCUT2D eigenvalue weighted by molar-refractivity contribution is 5.69. The average Bonchev–Trinajstić information content (AvgIpc) is 2.60. The number of carboxylic acid groups (broad SMARTS) is 1. The molecule has 0 amide bonds. The third-order valence-corrected chi connectivity index (χ3v) is 5.22. The predicted molar refractivity (Wildman–Crippen MR) is 107 cm³/mol. The van der Waals surface area contributed by atoms with Gasteiger partial charge in [0.15, 0.2) is 0 Å². The number of rotatable bonds is 20. The minimum absolute atomic E-state index is 0.172. The topological polar surface area (TPSA) is 57.5 Å². The molecule has 0 aliphatic carbocycles. The molecule has 0 bridgehead atoms. The summed E-state index contributed by atoms with van der Waals surface area (Å²) < 4.78 is 0. The van der Waals surface area contributed by atoms with E-state index < -0.39 is 5.97 Å². The maximum absolute atomic E-state index is 11.2. The Kier molecular flexibility index (Phi) is 19.3. The summed E-state index contributed by atoms with van der Waals surface area (Å²) in [7, 11) is 0. The summed E-state index contributed by atoms with van der Waals surface area (Å²) >= 11 is 0. The summed E-state index contributed by atoms with van der Waals surface area (Å²) in [6, 6.07) is 0. The lowest BCUT2D eigenvalue weighted by molar-refractivity contribution is -0.142. The Hall–Kier alpha value is -0.570. The molecular formula is C22H44O3. The van der Waals surface area contributed by atoms with Gasteiger partial charge >= 0.3 is 5.97 Å². The lowest BCUT2D eigenvalue weighted by Crippen LogP contribution is -2.13. The van der Waals surface area contributed by atoms with Crippen molar-refractivity contribution in [2.24, 2.45) is 5.92 Å². The van der Waals surface area contributed by atoms with Crippen LogP contribution in [0.1, 0.15) is 122 Å². The van der Waals surface area contributed by atoms with Crippen LogP contribution in [-0.4, -0.2) is 22.8 Å². The van der Waals surface area contributed by atoms with Gasteiger partial charge in [0.25, 0.3) is 0 Å². The summed E-state index contributed by atoms with van der Waals surface area (Å²) in [6.45, 7) is 2.44. The van der Waals surface area contributed by atoms with E-state index in [-0.39, 0.29) is 12.5 Å². The second kappa shape index (κ2) is 19.8. The maximum atomic E-state index is 11.2. The molecule has 0 spiro atoms. The lowest BCUT2D eigenvalue weighted by Gasteiger charge is -2.11. The monoisotopic (exact) mass is 356 g/mol. The summed E-state index contributed by atoms with van der Waals surface area (Å²) in [4.78, 5) is 11.2. The SMILES string of the molecule is CCCCCCCCCCCCCCCCC(CCCCO)C(=O)O. The molecule has 0 radical (unpaired) electrons. The number of aliphatic hydroxyl groups is 1. The maximum Gasteiger partial charge on any atom is 0.306 e. The minimum Gasteiger partial charge on any atom is -0.481 e. The summed E-state index contributed by atoms with van der Waals surface area (Å²) in [6.07, 6.45) is 21.7. The first kappa shape index (κ1) is 24.4. The molecule has 150 valence electrons. The van der Waals surface area contributed by atoms with Gasteiger partial charge < -0.3 is 10.2 Å². The van der Waals surface area contributed by atoms with Gasteiger partial charge in [-0.15, -0.1) is 0 Å². The van der Waals surface area contributed by atoms with Crippen LogP contribution in [0.15, 0.2) is 0 Å². The van der Waals surface area contributed by atoms with Crippen molar-refractivity contribution in [2.45, 2.75) is 122 Å². The van der Waals surface area contributed by atoms with Gasteiger partial charge in [-0.3, -0.25) is 4.79 Å². The van der Waals surface area contributed by atoms with E-state index >= 15 is 0 Å². The van der Waals surface area contributed by atoms with E-state index in [1.54, 1.807) is 0 Å². The van der Waals surface area contributed by atoms with E-state index in [9.17, 15) is 9.90 Å². The quantitative estimate of drug-likeness (QED) is 0.238. The molecule has 0 aromatic carbocycles. The Morgan fingerprint density at radius 1 is 0.640 bits per heavy atom. The number of carboxylic acids is 1. The molecule has 0 saturated heterocycles. The normalized spacial score (nSPS) is 12.4. The standard InChI is InChI=1S/C22H44O3/c1-2-3-4-5-6-7-8-9-10-11-12-13-14-15-18-21(22(24)25)19-16-17-20-23/h21,23H,2-20H2,1H3,(H,24,25). The van der Waals surface area contributed by atoms with Gasteiger partial charge in [-0.25, -0.2) is 0 Å². The van der Waals surface area contributed by atoms with E-state index in [2.05, 4.69) is 6.92 Å². The Balaban J connectivity index is 3.30. The molecule has 0 heterocycles. The van der Waals surface area contributed by atoms with Gasteiger partial charge in [-0.2, -0.15) is 0 Å². The van der Waals surface area contributed by atoms with Crippen molar-refractivity contribution in [1.29, 1.82) is 0 Å². The van der Waals surface area contributed by atoms with Gasteiger partial charge in [-0.1, -0.05) is 103 Å². The van der Waals surface area contributed by atoms with E-state index in [0.717, 1.165) is 25.7 Å². The van der Waals surface area contributed by atoms with Gasteiger partial charge in [0.1, 0.15) is 0 Å². The van der Waals surface area contributed by atoms with Crippen LogP contribution in [-0.2, 0) is 4.79 Å². The number of hydrogen-bond acceptors (Lipinski definition) is 2. The van der Waals surface area contributed by atoms with Crippen molar-refractivity contribution in [3.8, 4) is 0 Å². The molecule has 3 nitrogen and oxygen atoms in total. The van der Waals surface area contributed by atoms with Crippen molar-refractivity contribution in [3.63, 3.8) is 0 Å². The first-order chi connectivity index (χ1) is 12.2. The minimum atomic E-state index is -0.660. The number of hydrogen-bond donors (Lipinski definition) is 2. The van der Waals surface area contributed by atoms with Crippen LogP contribution in [0.3, 0.4) is 0 Å². The average molecular weight is 357 g/mol. The summed E-state index contributed by atoms with van der Waals surface area (Å²) in [5, 5.41) is 18.0. The highest BCUT2D eigenvalue weighted by Crippen LogP contribution is 2.18. The third kappa shape index (κ3) is 18.0. The zero-order chi connectivity index (χ0) is 18.6. The molecule has 1 atom stereocenters. The van der Waals surface area contributed by atoms with E-state index in [4.69, 9.17) is 5.11 Å². The van der Waals surface area contributed by atoms with Crippen molar-refractivity contribution in [3.05, 3.63) is 0 Å². The molecule has 0 saturated carbocycles. The number of carbonyl (C=O) groups is 1. The van der Waals surface area contributed by atoms with Crippen molar-refractivity contribution in [2.75, 3.05) is 6.61 Å². The number of aliphatic hydroxyl groups excluding tert-OH is 1. The van der Waals surface area contributed by atoms with Crippen LogP contribution in [0.4, 0.5) is 0 Å². The van der Waals surface area contributed by atoms with Gasteiger partial charge in [0.05, 0.1) is 5.92 Å². The molecule has 0 aromatic rings. The van der Waals surface area contributed by atoms with Crippen LogP contribution in [0, 0.1) is 5.92 Å². The molecule has 25 heavy (non-hydrogen) atoms. The van der Waals surface area contributed by atoms with Gasteiger partial charge in [-0.05, 0) is 19.3 Å². The van der Waals surface area contributed by atoms with Gasteiger partial charge in [0, 0.05) is 6.61 Å². The smallest absolute Gasteiger partial charge is 0.306 e. The molecule has 0 aliphatic rings. The molecule has 0 aliphatic heterocycles. The molecule has 2 N–H and O–H groups in total. The molecule has 3 heteroatoms. The van der Waals surface area contributed by atoms with Crippen molar-refractivity contribution >= 4 is 5.97 Å². The fraction of sp³-hybridized carbons (Fsp3) is 0.955. The molecule has 1 unspecified atom stereocenters. The largest absolute Gasteiger partial charge is 0.481 e. The highest BCUT2D eigenvalue weighted by atomic mass is 16.4. The fourth-order valence-corrected chi connectivity index (χ4v) is 3.48. The van der Waals surface area contributed by atoms with Crippen LogP contribution in [0.2, 0.25) is 0 Å². The third-order valence-electron chi connectivity index (χ3n) is 5.22. The van der Waals surface area contributed by atoms with Crippen LogP contribution in [0.25, 0.3) is 0 Å². The van der Waals surface area contributed by atoms with E-state index in [0.29, 0.717) is 6.42 Å². The Labute approximate surface area is 156 Å². The number of aliphatic carboxylic acids is 1. The Bertz CT molecular complexity index is 278. The van der Waals surface area contributed by atoms with E-state index in [1.165, 1.54) is 83.5 Å². The van der Waals surface area contributed by atoms with Crippen molar-refractivity contribution in [1.82, 2.24) is 0 Å². The van der Waals surface area contributed by atoms with E-state index in [1.807, 2.05) is 0 Å². The Morgan fingerprint density at radius 2 is 1.00 bits per heavy atom. The lowest BCUT2D eigenvalue weighted by atomic mass is 9.95. The molecule has 0 rings (SSSR count). The highest BCUT2D eigenvalue weighted by Gasteiger charge is 2.15. The first-order valence-electron chi connectivity index (χ1n) is 11.1. The number of unbranched alkanes of at least 4 members (excludes halogenated alkanes) is 14. The zero-order valence-corrected chi connectivity index (χ0v) is 16.8. The summed E-state index contributed by atoms with van der Waals surface area (Å²) in [5.41, 5.74) is 0. The van der Waals surface area contributed by atoms with Crippen LogP contribution < -0.4 is 0 Å². The first-order valence-corrected chi connectivity index (χ1v) is 11.1. The Morgan fingerprint density at radius 3 is 1.36 bits per heavy atom. The molecular weight excluding hydrogens is 312 g/mol. The van der Waals surface area contributed by atoms with Crippen molar-refractivity contribution < 1.29 is 15.0 Å². The predicted octanol–water partition coefficient (Wildman–Crippen LogP) is 6.72.